The van der Waals surface area contributed by atoms with Gasteiger partial charge in [0.15, 0.2) is 0 Å². The first-order valence-electron chi connectivity index (χ1n) is 2.68. The molecular weight excluding hydrogens is 206 g/mol. The molecule has 1 rings (SSSR count). The molecule has 0 unspecified atom stereocenters. The molecule has 0 heterocycles. The van der Waals surface area contributed by atoms with Gasteiger partial charge in [0.05, 0.1) is 15.6 Å². The van der Waals surface area contributed by atoms with Gasteiger partial charge in [0.1, 0.15) is 0 Å². The van der Waals surface area contributed by atoms with Gasteiger partial charge in [-0.25, -0.2) is 0 Å². The number of hydrogen-bond acceptors (Lipinski definition) is 1. The van der Waals surface area contributed by atoms with Gasteiger partial charge in [-0.2, -0.15) is 0 Å². The summed E-state index contributed by atoms with van der Waals surface area (Å²) in [5.41, 5.74) is 0.151. The highest BCUT2D eigenvalue weighted by Crippen LogP contribution is 2.27. The SMILES string of the molecule is O=[C]c1c(Cl)cc(Cl)cc1Cl. The average Bonchev–Trinajstić information content (AvgIpc) is 1.85. The van der Waals surface area contributed by atoms with E-state index in [0.29, 0.717) is 5.02 Å². The van der Waals surface area contributed by atoms with Crippen LogP contribution in [0.25, 0.3) is 0 Å². The summed E-state index contributed by atoms with van der Waals surface area (Å²) in [6.07, 6.45) is 1.62. The molecule has 0 aromatic heterocycles. The van der Waals surface area contributed by atoms with Crippen molar-refractivity contribution in [2.24, 2.45) is 0 Å². The van der Waals surface area contributed by atoms with Crippen LogP contribution in [0.1, 0.15) is 5.56 Å². The maximum absolute atomic E-state index is 10.2. The van der Waals surface area contributed by atoms with Gasteiger partial charge >= 0.3 is 0 Å². The topological polar surface area (TPSA) is 17.1 Å². The van der Waals surface area contributed by atoms with E-state index < -0.39 is 0 Å². The zero-order chi connectivity index (χ0) is 8.43. The van der Waals surface area contributed by atoms with Crippen molar-refractivity contribution in [2.75, 3.05) is 0 Å². The molecule has 0 amide bonds. The minimum atomic E-state index is 0.151. The molecule has 0 fully saturated rings. The van der Waals surface area contributed by atoms with Gasteiger partial charge in [-0.15, -0.1) is 0 Å². The van der Waals surface area contributed by atoms with E-state index in [1.807, 2.05) is 0 Å². The summed E-state index contributed by atoms with van der Waals surface area (Å²) in [6, 6.07) is 2.88. The Morgan fingerprint density at radius 1 is 1.09 bits per heavy atom. The predicted octanol–water partition coefficient (Wildman–Crippen LogP) is 3.10. The molecule has 0 spiro atoms. The van der Waals surface area contributed by atoms with Crippen molar-refractivity contribution in [3.8, 4) is 0 Å². The van der Waals surface area contributed by atoms with Crippen molar-refractivity contribution >= 4 is 41.1 Å². The highest BCUT2D eigenvalue weighted by Gasteiger charge is 2.06. The first-order valence-corrected chi connectivity index (χ1v) is 3.81. The second-order valence-corrected chi connectivity index (χ2v) is 3.10. The lowest BCUT2D eigenvalue weighted by atomic mass is 10.2. The van der Waals surface area contributed by atoms with E-state index in [1.165, 1.54) is 12.1 Å². The van der Waals surface area contributed by atoms with Crippen LogP contribution in [0.2, 0.25) is 15.1 Å². The van der Waals surface area contributed by atoms with Crippen molar-refractivity contribution in [2.45, 2.75) is 0 Å². The van der Waals surface area contributed by atoms with Crippen LogP contribution in [0, 0.1) is 0 Å². The summed E-state index contributed by atoms with van der Waals surface area (Å²) in [7, 11) is 0. The molecule has 1 nitrogen and oxygen atoms in total. The summed E-state index contributed by atoms with van der Waals surface area (Å²) < 4.78 is 0. The van der Waals surface area contributed by atoms with Gasteiger partial charge in [0.2, 0.25) is 6.29 Å². The fourth-order valence-electron chi connectivity index (χ4n) is 0.640. The van der Waals surface area contributed by atoms with Crippen molar-refractivity contribution in [3.05, 3.63) is 32.8 Å². The smallest absolute Gasteiger partial charge is 0.236 e. The number of hydrogen-bond donors (Lipinski definition) is 0. The van der Waals surface area contributed by atoms with E-state index in [2.05, 4.69) is 0 Å². The van der Waals surface area contributed by atoms with E-state index in [9.17, 15) is 4.79 Å². The summed E-state index contributed by atoms with van der Waals surface area (Å²) >= 11 is 16.8. The minimum Gasteiger partial charge on any atom is -0.285 e. The van der Waals surface area contributed by atoms with Crippen LogP contribution in [0.4, 0.5) is 0 Å². The molecule has 1 aromatic rings. The molecule has 57 valence electrons. The number of benzene rings is 1. The number of halogens is 3. The summed E-state index contributed by atoms with van der Waals surface area (Å²) in [4.78, 5) is 10.2. The highest BCUT2D eigenvalue weighted by atomic mass is 35.5. The third-order valence-electron chi connectivity index (χ3n) is 1.11. The molecule has 0 saturated carbocycles. The third kappa shape index (κ3) is 1.86. The molecule has 0 bridgehead atoms. The summed E-state index contributed by atoms with van der Waals surface area (Å²) in [5, 5.41) is 0.842. The van der Waals surface area contributed by atoms with Crippen LogP contribution in [0.15, 0.2) is 12.1 Å². The van der Waals surface area contributed by atoms with Crippen LogP contribution in [0.5, 0.6) is 0 Å². The Balaban J connectivity index is 3.36. The zero-order valence-electron chi connectivity index (χ0n) is 5.20. The first kappa shape index (κ1) is 8.85. The molecule has 0 atom stereocenters. The molecule has 0 aliphatic carbocycles. The van der Waals surface area contributed by atoms with Crippen LogP contribution in [-0.4, -0.2) is 6.29 Å². The third-order valence-corrected chi connectivity index (χ3v) is 1.92. The number of carbonyl (C=O) groups excluding carboxylic acids is 1. The Bertz CT molecular complexity index is 273. The molecule has 0 aliphatic rings. The molecular formula is C7H2Cl3O. The van der Waals surface area contributed by atoms with Crippen molar-refractivity contribution in [1.29, 1.82) is 0 Å². The Labute approximate surface area is 78.9 Å². The van der Waals surface area contributed by atoms with Gasteiger partial charge in [-0.3, -0.25) is 4.79 Å². The van der Waals surface area contributed by atoms with Gasteiger partial charge in [0.25, 0.3) is 0 Å². The van der Waals surface area contributed by atoms with E-state index in [1.54, 1.807) is 6.29 Å². The Hall–Kier alpha value is -0.240. The molecule has 11 heavy (non-hydrogen) atoms. The van der Waals surface area contributed by atoms with E-state index in [0.717, 1.165) is 0 Å². The minimum absolute atomic E-state index is 0.151. The molecule has 1 radical (unpaired) electrons. The summed E-state index contributed by atoms with van der Waals surface area (Å²) in [6.45, 7) is 0. The zero-order valence-corrected chi connectivity index (χ0v) is 7.46. The van der Waals surface area contributed by atoms with Crippen molar-refractivity contribution in [3.63, 3.8) is 0 Å². The fraction of sp³-hybridized carbons (Fsp3) is 0. The van der Waals surface area contributed by atoms with Crippen molar-refractivity contribution in [1.82, 2.24) is 0 Å². The Kier molecular flexibility index (Phi) is 2.77. The predicted molar refractivity (Wildman–Crippen MR) is 46.3 cm³/mol. The van der Waals surface area contributed by atoms with Crippen LogP contribution in [-0.2, 0) is 4.79 Å². The molecule has 0 saturated heterocycles. The second-order valence-electron chi connectivity index (χ2n) is 1.85. The summed E-state index contributed by atoms with van der Waals surface area (Å²) in [5.74, 6) is 0. The van der Waals surface area contributed by atoms with Gasteiger partial charge in [-0.1, -0.05) is 34.8 Å². The molecule has 0 N–H and O–H groups in total. The Morgan fingerprint density at radius 2 is 1.55 bits per heavy atom. The maximum Gasteiger partial charge on any atom is 0.236 e. The standard InChI is InChI=1S/C7H2Cl3O/c8-4-1-6(9)5(3-11)7(10)2-4/h1-2H. The second kappa shape index (κ2) is 3.44. The van der Waals surface area contributed by atoms with Crippen LogP contribution < -0.4 is 0 Å². The fourth-order valence-corrected chi connectivity index (χ4v) is 1.53. The van der Waals surface area contributed by atoms with Gasteiger partial charge in [-0.05, 0) is 12.1 Å². The highest BCUT2D eigenvalue weighted by molar-refractivity contribution is 6.41. The lowest BCUT2D eigenvalue weighted by Crippen LogP contribution is -1.83. The van der Waals surface area contributed by atoms with E-state index in [4.69, 9.17) is 34.8 Å². The van der Waals surface area contributed by atoms with E-state index >= 15 is 0 Å². The van der Waals surface area contributed by atoms with Crippen molar-refractivity contribution < 1.29 is 4.79 Å². The maximum atomic E-state index is 10.2. The lowest BCUT2D eigenvalue weighted by molar-refractivity contribution is 0.563. The first-order chi connectivity index (χ1) is 5.15. The van der Waals surface area contributed by atoms with Gasteiger partial charge < -0.3 is 0 Å². The van der Waals surface area contributed by atoms with Gasteiger partial charge in [0, 0.05) is 5.02 Å². The van der Waals surface area contributed by atoms with Crippen LogP contribution in [0.3, 0.4) is 0 Å². The van der Waals surface area contributed by atoms with E-state index in [-0.39, 0.29) is 15.6 Å². The normalized spacial score (nSPS) is 9.73. The quantitative estimate of drug-likeness (QED) is 0.693. The largest absolute Gasteiger partial charge is 0.285 e. The average molecular weight is 208 g/mol. The molecule has 0 aliphatic heterocycles. The monoisotopic (exact) mass is 207 g/mol. The lowest BCUT2D eigenvalue weighted by Gasteiger charge is -1.98. The van der Waals surface area contributed by atoms with Crippen LogP contribution >= 0.6 is 34.8 Å². The molecule has 4 heteroatoms. The molecule has 1 aromatic carbocycles. The Morgan fingerprint density at radius 3 is 1.91 bits per heavy atom. The number of rotatable bonds is 1.